The Morgan fingerprint density at radius 1 is 1.21 bits per heavy atom. The Morgan fingerprint density at radius 2 is 1.96 bits per heavy atom. The maximum Gasteiger partial charge on any atom is 0.373 e. The van der Waals surface area contributed by atoms with Crippen molar-refractivity contribution < 1.29 is 13.9 Å². The number of thiophene rings is 1. The van der Waals surface area contributed by atoms with Crippen molar-refractivity contribution in [2.75, 3.05) is 7.11 Å². The number of methoxy groups -OCH3 is 1. The van der Waals surface area contributed by atoms with Crippen molar-refractivity contribution in [3.8, 4) is 11.4 Å². The predicted octanol–water partition coefficient (Wildman–Crippen LogP) is 3.56. The molecule has 0 amide bonds. The molecule has 0 aromatic carbocycles. The van der Waals surface area contributed by atoms with Crippen LogP contribution in [-0.4, -0.2) is 27.6 Å². The van der Waals surface area contributed by atoms with E-state index < -0.39 is 5.97 Å². The number of aromatic nitrogens is 3. The molecule has 0 bridgehead atoms. The highest BCUT2D eigenvalue weighted by atomic mass is 32.1. The topological polar surface area (TPSA) is 87.2 Å². The molecule has 4 aromatic rings. The molecule has 0 aliphatic rings. The van der Waals surface area contributed by atoms with Crippen molar-refractivity contribution in [1.29, 1.82) is 0 Å². The molecule has 4 aromatic heterocycles. The fourth-order valence-electron chi connectivity index (χ4n) is 3.02. The van der Waals surface area contributed by atoms with Crippen LogP contribution in [0.2, 0.25) is 0 Å². The van der Waals surface area contributed by atoms with E-state index in [2.05, 4.69) is 9.72 Å². The summed E-state index contributed by atoms with van der Waals surface area (Å²) < 4.78 is 11.8. The summed E-state index contributed by atoms with van der Waals surface area (Å²) in [7, 11) is 1.29. The molecule has 0 N–H and O–H groups in total. The first-order valence-electron chi connectivity index (χ1n) is 8.57. The van der Waals surface area contributed by atoms with Crippen LogP contribution in [0.3, 0.4) is 0 Å². The van der Waals surface area contributed by atoms with Crippen LogP contribution < -0.4 is 5.56 Å². The third-order valence-electron chi connectivity index (χ3n) is 4.59. The third-order valence-corrected chi connectivity index (χ3v) is 5.69. The van der Waals surface area contributed by atoms with Crippen molar-refractivity contribution in [2.24, 2.45) is 0 Å². The number of fused-ring (bicyclic) bond motifs is 1. The van der Waals surface area contributed by atoms with Gasteiger partial charge in [-0.05, 0) is 43.7 Å². The lowest BCUT2D eigenvalue weighted by Gasteiger charge is -2.11. The highest BCUT2D eigenvalue weighted by Crippen LogP contribution is 2.29. The van der Waals surface area contributed by atoms with E-state index in [4.69, 9.17) is 9.40 Å². The zero-order valence-electron chi connectivity index (χ0n) is 15.6. The summed E-state index contributed by atoms with van der Waals surface area (Å²) in [6.45, 7) is 4.05. The summed E-state index contributed by atoms with van der Waals surface area (Å²) in [5, 5.41) is 0.611. The summed E-state index contributed by atoms with van der Waals surface area (Å²) in [6.07, 6.45) is 3.31. The summed E-state index contributed by atoms with van der Waals surface area (Å²) in [6, 6.07) is 6.80. The average Bonchev–Trinajstić information content (AvgIpc) is 3.29. The number of carbonyl (C=O) groups excluding carboxylic acids is 1. The first-order valence-corrected chi connectivity index (χ1v) is 9.39. The fraction of sp³-hybridized carbons (Fsp3) is 0.200. The lowest BCUT2D eigenvalue weighted by molar-refractivity contribution is 0.0563. The number of nitrogens with zero attached hydrogens (tertiary/aromatic N) is 3. The molecular formula is C20H17N3O4S. The molecule has 0 fully saturated rings. The number of ether oxygens (including phenoxy) is 1. The second-order valence-corrected chi connectivity index (χ2v) is 7.49. The van der Waals surface area contributed by atoms with Gasteiger partial charge in [-0.2, -0.15) is 0 Å². The van der Waals surface area contributed by atoms with Gasteiger partial charge >= 0.3 is 5.97 Å². The molecule has 0 radical (unpaired) electrons. The van der Waals surface area contributed by atoms with Crippen molar-refractivity contribution in [2.45, 2.75) is 20.4 Å². The Kier molecular flexibility index (Phi) is 4.56. The lowest BCUT2D eigenvalue weighted by Crippen LogP contribution is -2.24. The van der Waals surface area contributed by atoms with Crippen LogP contribution in [0.25, 0.3) is 21.6 Å². The smallest absolute Gasteiger partial charge is 0.373 e. The Hall–Kier alpha value is -3.26. The molecule has 0 spiro atoms. The van der Waals surface area contributed by atoms with Crippen LogP contribution >= 0.6 is 11.3 Å². The molecule has 0 atom stereocenters. The molecule has 8 heteroatoms. The molecule has 4 rings (SSSR count). The van der Waals surface area contributed by atoms with Crippen LogP contribution in [0.15, 0.2) is 45.9 Å². The van der Waals surface area contributed by atoms with Crippen molar-refractivity contribution >= 4 is 27.5 Å². The molecule has 28 heavy (non-hydrogen) atoms. The SMILES string of the molecule is COC(=O)c1ccc(Cn2c(-c3ccncc3)nc3sc(C)c(C)c3c2=O)o1. The molecular weight excluding hydrogens is 378 g/mol. The predicted molar refractivity (Wildman–Crippen MR) is 106 cm³/mol. The molecule has 0 unspecified atom stereocenters. The Bertz CT molecular complexity index is 1240. The molecule has 4 heterocycles. The largest absolute Gasteiger partial charge is 0.463 e. The van der Waals surface area contributed by atoms with E-state index in [1.807, 2.05) is 13.8 Å². The minimum Gasteiger partial charge on any atom is -0.463 e. The molecule has 0 saturated carbocycles. The summed E-state index contributed by atoms with van der Waals surface area (Å²) >= 11 is 1.50. The maximum atomic E-state index is 13.3. The van der Waals surface area contributed by atoms with Gasteiger partial charge in [-0.3, -0.25) is 14.3 Å². The molecule has 0 aliphatic carbocycles. The first kappa shape index (κ1) is 18.1. The van der Waals surface area contributed by atoms with Gasteiger partial charge in [0, 0.05) is 22.8 Å². The number of aryl methyl sites for hydroxylation is 2. The fourth-order valence-corrected chi connectivity index (χ4v) is 4.04. The number of hydrogen-bond donors (Lipinski definition) is 0. The summed E-state index contributed by atoms with van der Waals surface area (Å²) in [5.74, 6) is 0.513. The van der Waals surface area contributed by atoms with Gasteiger partial charge in [0.2, 0.25) is 5.76 Å². The van der Waals surface area contributed by atoms with Crippen molar-refractivity contribution in [3.63, 3.8) is 0 Å². The Labute approximate surface area is 164 Å². The van der Waals surface area contributed by atoms with Crippen LogP contribution in [0.1, 0.15) is 26.8 Å². The number of pyridine rings is 1. The van der Waals surface area contributed by atoms with E-state index in [0.29, 0.717) is 21.8 Å². The van der Waals surface area contributed by atoms with E-state index in [0.717, 1.165) is 16.0 Å². The van der Waals surface area contributed by atoms with Gasteiger partial charge in [0.1, 0.15) is 16.4 Å². The standard InChI is InChI=1S/C20H17N3O4S/c1-11-12(2)28-18-16(11)19(24)23(17(22-18)13-6-8-21-9-7-13)10-14-4-5-15(27-14)20(25)26-3/h4-9H,10H2,1-3H3. The van der Waals surface area contributed by atoms with Gasteiger partial charge in [0.05, 0.1) is 19.0 Å². The summed E-state index contributed by atoms with van der Waals surface area (Å²) in [4.78, 5) is 35.6. The zero-order valence-corrected chi connectivity index (χ0v) is 16.4. The minimum absolute atomic E-state index is 0.0904. The van der Waals surface area contributed by atoms with E-state index in [1.165, 1.54) is 24.5 Å². The van der Waals surface area contributed by atoms with E-state index in [9.17, 15) is 9.59 Å². The molecule has 142 valence electrons. The van der Waals surface area contributed by atoms with Gasteiger partial charge in [0.25, 0.3) is 5.56 Å². The number of carbonyl (C=O) groups is 1. The highest BCUT2D eigenvalue weighted by Gasteiger charge is 2.19. The number of hydrogen-bond acceptors (Lipinski definition) is 7. The third kappa shape index (κ3) is 3.01. The van der Waals surface area contributed by atoms with Crippen LogP contribution in [0, 0.1) is 13.8 Å². The molecule has 0 aliphatic heterocycles. The molecule has 0 saturated heterocycles. The number of esters is 1. The lowest BCUT2D eigenvalue weighted by atomic mass is 10.2. The number of furan rings is 1. The quantitative estimate of drug-likeness (QED) is 0.491. The van der Waals surface area contributed by atoms with E-state index in [-0.39, 0.29) is 17.9 Å². The zero-order chi connectivity index (χ0) is 19.8. The monoisotopic (exact) mass is 395 g/mol. The Morgan fingerprint density at radius 3 is 2.68 bits per heavy atom. The number of rotatable bonds is 4. The van der Waals surface area contributed by atoms with Crippen LogP contribution in [0.4, 0.5) is 0 Å². The van der Waals surface area contributed by atoms with Gasteiger partial charge in [-0.25, -0.2) is 9.78 Å². The van der Waals surface area contributed by atoms with Gasteiger partial charge in [0.15, 0.2) is 0 Å². The van der Waals surface area contributed by atoms with Gasteiger partial charge in [-0.1, -0.05) is 0 Å². The van der Waals surface area contributed by atoms with Crippen LogP contribution in [-0.2, 0) is 11.3 Å². The Balaban J connectivity index is 1.91. The second-order valence-electron chi connectivity index (χ2n) is 6.28. The average molecular weight is 395 g/mol. The van der Waals surface area contributed by atoms with Gasteiger partial charge < -0.3 is 9.15 Å². The second kappa shape index (κ2) is 7.05. The van der Waals surface area contributed by atoms with Crippen molar-refractivity contribution in [3.05, 3.63) is 69.0 Å². The highest BCUT2D eigenvalue weighted by molar-refractivity contribution is 7.18. The van der Waals surface area contributed by atoms with Crippen LogP contribution in [0.5, 0.6) is 0 Å². The van der Waals surface area contributed by atoms with Gasteiger partial charge in [-0.15, -0.1) is 11.3 Å². The van der Waals surface area contributed by atoms with Crippen molar-refractivity contribution in [1.82, 2.24) is 14.5 Å². The molecule has 7 nitrogen and oxygen atoms in total. The normalized spacial score (nSPS) is 11.1. The van der Waals surface area contributed by atoms with E-state index >= 15 is 0 Å². The summed E-state index contributed by atoms with van der Waals surface area (Å²) in [5.41, 5.74) is 1.56. The minimum atomic E-state index is -0.564. The first-order chi connectivity index (χ1) is 13.5. The maximum absolute atomic E-state index is 13.3. The van der Waals surface area contributed by atoms with E-state index in [1.54, 1.807) is 35.2 Å².